The molecule has 0 unspecified atom stereocenters. The van der Waals surface area contributed by atoms with E-state index in [1.807, 2.05) is 36.4 Å². The Morgan fingerprint density at radius 3 is 1.12 bits per heavy atom. The van der Waals surface area contributed by atoms with Gasteiger partial charge in [-0.2, -0.15) is 0 Å². The molecule has 394 valence electrons. The summed E-state index contributed by atoms with van der Waals surface area (Å²) in [4.78, 5) is 16.0. The third-order valence-electron chi connectivity index (χ3n) is 17.7. The quantitative estimate of drug-likeness (QED) is 0.152. The normalized spacial score (nSPS) is 12.7. The fourth-order valence-electron chi connectivity index (χ4n) is 13.9. The molecule has 0 bridgehead atoms. The zero-order chi connectivity index (χ0) is 55.6. The van der Waals surface area contributed by atoms with Crippen LogP contribution >= 0.6 is 0 Å². The molecule has 0 radical (unpaired) electrons. The first-order chi connectivity index (χ1) is 41.4. The van der Waals surface area contributed by atoms with E-state index in [1.165, 1.54) is 76.6 Å². The van der Waals surface area contributed by atoms with Gasteiger partial charge in [0.1, 0.15) is 0 Å². The summed E-state index contributed by atoms with van der Waals surface area (Å²) >= 11 is 0. The van der Waals surface area contributed by atoms with Crippen LogP contribution in [0.3, 0.4) is 0 Å². The summed E-state index contributed by atoms with van der Waals surface area (Å²) in [7, 11) is 0. The van der Waals surface area contributed by atoms with Crippen LogP contribution in [0.1, 0.15) is 25.0 Å². The van der Waals surface area contributed by atoms with Crippen molar-refractivity contribution in [1.29, 1.82) is 0 Å². The molecule has 0 saturated heterocycles. The lowest BCUT2D eigenvalue weighted by Crippen LogP contribution is -2.15. The van der Waals surface area contributed by atoms with Crippen molar-refractivity contribution in [3.05, 3.63) is 290 Å². The van der Waals surface area contributed by atoms with E-state index in [2.05, 4.69) is 270 Å². The van der Waals surface area contributed by atoms with Crippen molar-refractivity contribution in [2.45, 2.75) is 19.3 Å². The molecule has 6 nitrogen and oxygen atoms in total. The minimum absolute atomic E-state index is 0.257. The summed E-state index contributed by atoms with van der Waals surface area (Å²) in [6.45, 7) is 4.79. The van der Waals surface area contributed by atoms with Crippen LogP contribution in [0.2, 0.25) is 0 Å². The van der Waals surface area contributed by atoms with Gasteiger partial charge in [0.25, 0.3) is 0 Å². The SMILES string of the molecule is CC1(C)c2ccccc2-c2ccc3c(c21)c1ccccc1n3-c1c(-c2ccc(-n3c4ccccc4c4ccccc43)cc2)cc(-c2nc(-c3ccccc3)nc(-c3ccccc3)n2)cc1-c1ccc(-n2c3ccccc3c3ccccc32)cc1. The van der Waals surface area contributed by atoms with Gasteiger partial charge in [-0.1, -0.05) is 220 Å². The molecule has 1 aliphatic rings. The van der Waals surface area contributed by atoms with E-state index in [0.717, 1.165) is 67.0 Å². The van der Waals surface area contributed by atoms with Gasteiger partial charge in [0.2, 0.25) is 0 Å². The molecule has 1 aliphatic carbocycles. The van der Waals surface area contributed by atoms with Crippen molar-refractivity contribution in [3.8, 4) is 84.6 Å². The van der Waals surface area contributed by atoms with Gasteiger partial charge in [-0.25, -0.2) is 15.0 Å². The van der Waals surface area contributed by atoms with Gasteiger partial charge in [0.05, 0.1) is 38.8 Å². The van der Waals surface area contributed by atoms with Gasteiger partial charge in [-0.05, 0) is 106 Å². The van der Waals surface area contributed by atoms with Crippen LogP contribution in [0.25, 0.3) is 150 Å². The second kappa shape index (κ2) is 18.5. The molecule has 84 heavy (non-hydrogen) atoms. The van der Waals surface area contributed by atoms with Gasteiger partial charge >= 0.3 is 0 Å². The molecule has 0 fully saturated rings. The summed E-state index contributed by atoms with van der Waals surface area (Å²) in [5, 5.41) is 7.40. The highest BCUT2D eigenvalue weighted by Crippen LogP contribution is 2.54. The second-order valence-electron chi connectivity index (χ2n) is 22.7. The Morgan fingerprint density at radius 1 is 0.274 bits per heavy atom. The maximum atomic E-state index is 5.41. The molecule has 0 N–H and O–H groups in total. The summed E-state index contributed by atoms with van der Waals surface area (Å²) in [5.41, 5.74) is 22.1. The lowest BCUT2D eigenvalue weighted by Gasteiger charge is -2.23. The number of para-hydroxylation sites is 5. The summed E-state index contributed by atoms with van der Waals surface area (Å²) in [5.74, 6) is 1.80. The molecule has 4 aromatic heterocycles. The minimum Gasteiger partial charge on any atom is -0.309 e. The number of benzene rings is 12. The van der Waals surface area contributed by atoms with E-state index in [4.69, 9.17) is 15.0 Å². The van der Waals surface area contributed by atoms with Crippen LogP contribution in [0.5, 0.6) is 0 Å². The third kappa shape index (κ3) is 7.20. The number of hydrogen-bond acceptors (Lipinski definition) is 3. The highest BCUT2D eigenvalue weighted by atomic mass is 15.0. The Balaban J connectivity index is 0.977. The first-order valence-electron chi connectivity index (χ1n) is 28.8. The largest absolute Gasteiger partial charge is 0.309 e. The molecular weight excluding hydrogens is 1020 g/mol. The van der Waals surface area contributed by atoms with E-state index < -0.39 is 0 Å². The predicted octanol–water partition coefficient (Wildman–Crippen LogP) is 19.8. The molecule has 4 heterocycles. The van der Waals surface area contributed by atoms with Crippen LogP contribution < -0.4 is 0 Å². The summed E-state index contributed by atoms with van der Waals surface area (Å²) in [6.07, 6.45) is 0. The molecule has 0 saturated carbocycles. The van der Waals surface area contributed by atoms with Crippen molar-refractivity contribution in [1.82, 2.24) is 28.7 Å². The molecule has 17 rings (SSSR count). The van der Waals surface area contributed by atoms with Gasteiger partial charge in [-0.3, -0.25) is 0 Å². The minimum atomic E-state index is -0.257. The van der Waals surface area contributed by atoms with E-state index in [9.17, 15) is 0 Å². The monoisotopic (exact) mass is 1070 g/mol. The average Bonchev–Trinajstić information content (AvgIpc) is 1.82. The second-order valence-corrected chi connectivity index (χ2v) is 22.7. The van der Waals surface area contributed by atoms with Crippen LogP contribution in [0.4, 0.5) is 0 Å². The highest BCUT2D eigenvalue weighted by Gasteiger charge is 2.38. The molecule has 0 atom stereocenters. The van der Waals surface area contributed by atoms with Crippen molar-refractivity contribution < 1.29 is 0 Å². The Morgan fingerprint density at radius 2 is 0.655 bits per heavy atom. The zero-order valence-electron chi connectivity index (χ0n) is 46.2. The maximum absolute atomic E-state index is 5.41. The van der Waals surface area contributed by atoms with Crippen molar-refractivity contribution in [2.75, 3.05) is 0 Å². The smallest absolute Gasteiger partial charge is 0.164 e. The fraction of sp³-hybridized carbons (Fsp3) is 0.0385. The number of aromatic nitrogens is 6. The van der Waals surface area contributed by atoms with Crippen LogP contribution in [0.15, 0.2) is 279 Å². The van der Waals surface area contributed by atoms with Gasteiger partial charge in [0.15, 0.2) is 17.5 Å². The number of rotatable bonds is 8. The standard InChI is InChI=1S/C78H52N6/c1-78(2)65-31-15-9-25-56(65)61-45-46-71-72(73(61)78)62-30-14-20-36-70(62)84(71)74-63(49-37-41-54(42-38-49)82-66-32-16-10-26-57(66)58-27-11-17-33-67(58)82)47-53(77-80-75(51-21-5-3-6-22-51)79-76(81-77)52-23-7-4-8-24-52)48-64(74)50-39-43-55(44-40-50)83-68-34-18-12-28-59(68)60-29-13-19-35-69(60)83/h3-48H,1-2H3. The van der Waals surface area contributed by atoms with E-state index in [-0.39, 0.29) is 5.41 Å². The first-order valence-corrected chi connectivity index (χ1v) is 28.8. The maximum Gasteiger partial charge on any atom is 0.164 e. The van der Waals surface area contributed by atoms with Gasteiger partial charge in [0, 0.05) is 76.9 Å². The van der Waals surface area contributed by atoms with Crippen molar-refractivity contribution in [2.24, 2.45) is 0 Å². The Labute approximate surface area is 485 Å². The van der Waals surface area contributed by atoms with Crippen LogP contribution in [-0.4, -0.2) is 28.7 Å². The Bertz CT molecular complexity index is 4970. The number of nitrogens with zero attached hydrogens (tertiary/aromatic N) is 6. The Hall–Kier alpha value is -11.0. The first kappa shape index (κ1) is 47.8. The third-order valence-corrected chi connectivity index (χ3v) is 17.7. The van der Waals surface area contributed by atoms with Crippen LogP contribution in [0, 0.1) is 0 Å². The fourth-order valence-corrected chi connectivity index (χ4v) is 13.9. The van der Waals surface area contributed by atoms with Gasteiger partial charge in [-0.15, -0.1) is 0 Å². The number of fused-ring (bicyclic) bond motifs is 13. The average molecular weight is 1070 g/mol. The van der Waals surface area contributed by atoms with Crippen molar-refractivity contribution >= 4 is 65.4 Å². The topological polar surface area (TPSA) is 53.5 Å². The summed E-state index contributed by atoms with van der Waals surface area (Å²) in [6, 6.07) is 101. The number of hydrogen-bond donors (Lipinski definition) is 0. The van der Waals surface area contributed by atoms with E-state index in [1.54, 1.807) is 0 Å². The van der Waals surface area contributed by atoms with Gasteiger partial charge < -0.3 is 13.7 Å². The molecule has 6 heteroatoms. The molecule has 16 aromatic rings. The predicted molar refractivity (Wildman–Crippen MR) is 348 cm³/mol. The van der Waals surface area contributed by atoms with Crippen LogP contribution in [-0.2, 0) is 5.41 Å². The molecule has 0 spiro atoms. The molecule has 12 aromatic carbocycles. The summed E-state index contributed by atoms with van der Waals surface area (Å²) < 4.78 is 7.34. The lowest BCUT2D eigenvalue weighted by atomic mass is 9.80. The highest BCUT2D eigenvalue weighted by molar-refractivity contribution is 6.16. The molecular formula is C78H52N6. The Kier molecular flexibility index (Phi) is 10.6. The van der Waals surface area contributed by atoms with E-state index in [0.29, 0.717) is 17.5 Å². The molecule has 0 amide bonds. The van der Waals surface area contributed by atoms with E-state index >= 15 is 0 Å². The lowest BCUT2D eigenvalue weighted by molar-refractivity contribution is 0.666. The molecule has 0 aliphatic heterocycles. The zero-order valence-corrected chi connectivity index (χ0v) is 46.2. The van der Waals surface area contributed by atoms with Crippen molar-refractivity contribution in [3.63, 3.8) is 0 Å².